The van der Waals surface area contributed by atoms with Crippen LogP contribution in [-0.2, 0) is 17.7 Å². The normalized spacial score (nSPS) is 11.1. The summed E-state index contributed by atoms with van der Waals surface area (Å²) < 4.78 is 6.97. The van der Waals surface area contributed by atoms with Crippen LogP contribution in [0.15, 0.2) is 18.3 Å². The van der Waals surface area contributed by atoms with Crippen LogP contribution < -0.4 is 5.73 Å². The third-order valence-corrected chi connectivity index (χ3v) is 2.34. The van der Waals surface area contributed by atoms with E-state index in [9.17, 15) is 0 Å². The molecule has 0 atom stereocenters. The molecule has 2 aromatic heterocycles. The Morgan fingerprint density at radius 3 is 3.07 bits per heavy atom. The van der Waals surface area contributed by atoms with E-state index in [0.29, 0.717) is 13.2 Å². The fourth-order valence-corrected chi connectivity index (χ4v) is 1.54. The minimum absolute atomic E-state index is 0.479. The zero-order chi connectivity index (χ0) is 10.7. The Kier molecular flexibility index (Phi) is 2.94. The number of nitrogens with zero attached hydrogens (tertiary/aromatic N) is 3. The van der Waals surface area contributed by atoms with Gasteiger partial charge in [-0.1, -0.05) is 6.07 Å². The number of nitrogens with two attached hydrogens (primary N) is 1. The molecular weight excluding hydrogens is 192 g/mol. The molecule has 2 N–H and O–H groups in total. The molecule has 0 amide bonds. The number of fused-ring (bicyclic) bond motifs is 1. The quantitative estimate of drug-likeness (QED) is 0.785. The van der Waals surface area contributed by atoms with Crippen molar-refractivity contribution >= 4 is 5.65 Å². The van der Waals surface area contributed by atoms with Gasteiger partial charge in [0.25, 0.3) is 0 Å². The summed E-state index contributed by atoms with van der Waals surface area (Å²) in [6.45, 7) is 1.13. The van der Waals surface area contributed by atoms with Gasteiger partial charge in [-0.15, -0.1) is 10.2 Å². The van der Waals surface area contributed by atoms with Crippen LogP contribution in [0, 0.1) is 0 Å². The highest BCUT2D eigenvalue weighted by atomic mass is 16.5. The Morgan fingerprint density at radius 1 is 1.47 bits per heavy atom. The van der Waals surface area contributed by atoms with Gasteiger partial charge in [-0.05, 0) is 6.07 Å². The van der Waals surface area contributed by atoms with Gasteiger partial charge in [0.2, 0.25) is 0 Å². The molecule has 0 radical (unpaired) electrons. The Hall–Kier alpha value is -1.46. The van der Waals surface area contributed by atoms with Crippen molar-refractivity contribution in [3.63, 3.8) is 0 Å². The van der Waals surface area contributed by atoms with Crippen molar-refractivity contribution in [1.29, 1.82) is 0 Å². The van der Waals surface area contributed by atoms with E-state index in [0.717, 1.165) is 23.5 Å². The van der Waals surface area contributed by atoms with E-state index in [4.69, 9.17) is 10.5 Å². The molecule has 0 fully saturated rings. The van der Waals surface area contributed by atoms with Crippen molar-refractivity contribution in [3.8, 4) is 0 Å². The smallest absolute Gasteiger partial charge is 0.165 e. The predicted molar refractivity (Wildman–Crippen MR) is 56.5 cm³/mol. The molecule has 5 heteroatoms. The van der Waals surface area contributed by atoms with E-state index in [1.165, 1.54) is 0 Å². The summed E-state index contributed by atoms with van der Waals surface area (Å²) in [5, 5.41) is 8.24. The number of methoxy groups -OCH3 is 1. The van der Waals surface area contributed by atoms with Crippen molar-refractivity contribution in [2.75, 3.05) is 13.7 Å². The topological polar surface area (TPSA) is 65.4 Å². The lowest BCUT2D eigenvalue weighted by atomic mass is 10.2. The molecule has 80 valence electrons. The molecule has 0 saturated carbocycles. The molecule has 0 bridgehead atoms. The summed E-state index contributed by atoms with van der Waals surface area (Å²) >= 11 is 0. The second-order valence-corrected chi connectivity index (χ2v) is 3.29. The number of hydrogen-bond acceptors (Lipinski definition) is 4. The van der Waals surface area contributed by atoms with E-state index >= 15 is 0 Å². The molecule has 0 aromatic carbocycles. The molecule has 0 aliphatic carbocycles. The summed E-state index contributed by atoms with van der Waals surface area (Å²) in [5.74, 6) is 0.905. The monoisotopic (exact) mass is 206 g/mol. The second-order valence-electron chi connectivity index (χ2n) is 3.29. The Balaban J connectivity index is 2.42. The van der Waals surface area contributed by atoms with Gasteiger partial charge < -0.3 is 10.5 Å². The molecule has 5 nitrogen and oxygen atoms in total. The third-order valence-electron chi connectivity index (χ3n) is 2.34. The van der Waals surface area contributed by atoms with Gasteiger partial charge in [0, 0.05) is 31.8 Å². The highest BCUT2D eigenvalue weighted by Crippen LogP contribution is 2.09. The molecule has 0 saturated heterocycles. The van der Waals surface area contributed by atoms with E-state index in [-0.39, 0.29) is 0 Å². The maximum absolute atomic E-state index is 5.62. The number of ether oxygens (including phenoxy) is 1. The molecule has 0 spiro atoms. The predicted octanol–water partition coefficient (Wildman–Crippen LogP) is 0.377. The molecule has 2 heterocycles. The Bertz CT molecular complexity index is 452. The molecule has 0 aliphatic rings. The van der Waals surface area contributed by atoms with Crippen molar-refractivity contribution in [1.82, 2.24) is 14.6 Å². The van der Waals surface area contributed by atoms with Gasteiger partial charge in [0.1, 0.15) is 5.82 Å². The van der Waals surface area contributed by atoms with Gasteiger partial charge in [0.05, 0.1) is 6.61 Å². The van der Waals surface area contributed by atoms with Gasteiger partial charge in [-0.2, -0.15) is 0 Å². The molecule has 2 aromatic rings. The molecule has 2 rings (SSSR count). The first kappa shape index (κ1) is 10.1. The van der Waals surface area contributed by atoms with Crippen LogP contribution in [0.3, 0.4) is 0 Å². The SMILES string of the molecule is COCCc1nnc2c(CN)cccn12. The first-order valence-electron chi connectivity index (χ1n) is 4.87. The summed E-state index contributed by atoms with van der Waals surface area (Å²) in [6, 6.07) is 3.92. The molecular formula is C10H14N4O. The van der Waals surface area contributed by atoms with Gasteiger partial charge in [0.15, 0.2) is 5.65 Å². The fraction of sp³-hybridized carbons (Fsp3) is 0.400. The summed E-state index contributed by atoms with van der Waals surface area (Å²) in [7, 11) is 1.68. The first-order chi connectivity index (χ1) is 7.36. The highest BCUT2D eigenvalue weighted by Gasteiger charge is 2.07. The summed E-state index contributed by atoms with van der Waals surface area (Å²) in [5.41, 5.74) is 7.47. The van der Waals surface area contributed by atoms with Crippen molar-refractivity contribution in [3.05, 3.63) is 29.7 Å². The highest BCUT2D eigenvalue weighted by molar-refractivity contribution is 5.47. The van der Waals surface area contributed by atoms with Crippen LogP contribution in [0.1, 0.15) is 11.4 Å². The van der Waals surface area contributed by atoms with E-state index in [1.807, 2.05) is 22.7 Å². The lowest BCUT2D eigenvalue weighted by molar-refractivity contribution is 0.200. The van der Waals surface area contributed by atoms with Crippen LogP contribution >= 0.6 is 0 Å². The van der Waals surface area contributed by atoms with Gasteiger partial charge in [-0.25, -0.2) is 0 Å². The third kappa shape index (κ3) is 1.84. The summed E-state index contributed by atoms with van der Waals surface area (Å²) in [4.78, 5) is 0. The maximum Gasteiger partial charge on any atom is 0.165 e. The minimum atomic E-state index is 0.479. The first-order valence-corrected chi connectivity index (χ1v) is 4.87. The lowest BCUT2D eigenvalue weighted by Crippen LogP contribution is -2.03. The van der Waals surface area contributed by atoms with Crippen LogP contribution in [0.25, 0.3) is 5.65 Å². The van der Waals surface area contributed by atoms with Crippen LogP contribution in [0.4, 0.5) is 0 Å². The van der Waals surface area contributed by atoms with Crippen LogP contribution in [0.5, 0.6) is 0 Å². The number of pyridine rings is 1. The number of rotatable bonds is 4. The van der Waals surface area contributed by atoms with Crippen molar-refractivity contribution in [2.24, 2.45) is 5.73 Å². The zero-order valence-corrected chi connectivity index (χ0v) is 8.68. The molecule has 15 heavy (non-hydrogen) atoms. The Morgan fingerprint density at radius 2 is 2.33 bits per heavy atom. The van der Waals surface area contributed by atoms with Gasteiger partial charge in [-0.3, -0.25) is 4.40 Å². The second kappa shape index (κ2) is 4.37. The zero-order valence-electron chi connectivity index (χ0n) is 8.68. The van der Waals surface area contributed by atoms with E-state index < -0.39 is 0 Å². The largest absolute Gasteiger partial charge is 0.384 e. The van der Waals surface area contributed by atoms with Crippen molar-refractivity contribution in [2.45, 2.75) is 13.0 Å². The average Bonchev–Trinajstić information content (AvgIpc) is 2.69. The Labute approximate surface area is 87.9 Å². The van der Waals surface area contributed by atoms with Crippen LogP contribution in [0.2, 0.25) is 0 Å². The fourth-order valence-electron chi connectivity index (χ4n) is 1.54. The average molecular weight is 206 g/mol. The number of hydrogen-bond donors (Lipinski definition) is 1. The van der Waals surface area contributed by atoms with Crippen LogP contribution in [-0.4, -0.2) is 28.3 Å². The number of aromatic nitrogens is 3. The molecule has 0 unspecified atom stereocenters. The summed E-state index contributed by atoms with van der Waals surface area (Å²) in [6.07, 6.45) is 2.70. The lowest BCUT2D eigenvalue weighted by Gasteiger charge is -2.01. The van der Waals surface area contributed by atoms with E-state index in [1.54, 1.807) is 7.11 Å². The van der Waals surface area contributed by atoms with Crippen molar-refractivity contribution < 1.29 is 4.74 Å². The molecule has 0 aliphatic heterocycles. The van der Waals surface area contributed by atoms with E-state index in [2.05, 4.69) is 10.2 Å². The van der Waals surface area contributed by atoms with Gasteiger partial charge >= 0.3 is 0 Å². The maximum atomic E-state index is 5.62. The minimum Gasteiger partial charge on any atom is -0.384 e. The standard InChI is InChI=1S/C10H14N4O/c1-15-6-4-9-12-13-10-8(7-11)3-2-5-14(9)10/h2-3,5H,4,6-7,11H2,1H3.